The van der Waals surface area contributed by atoms with Gasteiger partial charge in [0.1, 0.15) is 0 Å². The van der Waals surface area contributed by atoms with Crippen molar-refractivity contribution < 1.29 is 9.59 Å². The Balaban J connectivity index is 2.13. The van der Waals surface area contributed by atoms with E-state index in [9.17, 15) is 9.59 Å². The summed E-state index contributed by atoms with van der Waals surface area (Å²) >= 11 is 10.6. The molecule has 2 aromatic rings. The van der Waals surface area contributed by atoms with E-state index in [1.54, 1.807) is 18.2 Å². The lowest BCUT2D eigenvalue weighted by molar-refractivity contribution is -0.115. The Morgan fingerprint density at radius 2 is 2.23 bits per heavy atom. The minimum absolute atomic E-state index is 0.183. The Bertz CT molecular complexity index is 736. The normalized spacial score (nSPS) is 10.5. The fourth-order valence-corrected chi connectivity index (χ4v) is 4.17. The van der Waals surface area contributed by atoms with Crippen LogP contribution in [0.4, 0.5) is 5.13 Å². The molecule has 0 fully saturated rings. The number of aryl methyl sites for hydroxylation is 1. The number of amides is 2. The first kappa shape index (κ1) is 17.5. The van der Waals surface area contributed by atoms with E-state index in [0.29, 0.717) is 15.7 Å². The molecule has 0 unspecified atom stereocenters. The van der Waals surface area contributed by atoms with Crippen LogP contribution in [0.3, 0.4) is 0 Å². The number of nitrogens with two attached hydrogens (primary N) is 1. The minimum atomic E-state index is -0.392. The van der Waals surface area contributed by atoms with Gasteiger partial charge < -0.3 is 5.73 Å². The van der Waals surface area contributed by atoms with Gasteiger partial charge in [-0.15, -0.1) is 11.8 Å². The SMILES string of the molecule is Cc1nc(NC(=O)c2cc(Cl)ccc2I)sc1SCC(N)=O. The second-order valence-corrected chi connectivity index (χ2v) is 8.07. The molecule has 2 rings (SSSR count). The fourth-order valence-electron chi connectivity index (χ4n) is 1.54. The number of primary amides is 1. The largest absolute Gasteiger partial charge is 0.369 e. The van der Waals surface area contributed by atoms with Gasteiger partial charge in [0.05, 0.1) is 21.2 Å². The van der Waals surface area contributed by atoms with E-state index >= 15 is 0 Å². The van der Waals surface area contributed by atoms with Crippen molar-refractivity contribution in [2.75, 3.05) is 11.1 Å². The molecule has 0 aliphatic carbocycles. The molecule has 1 aromatic heterocycles. The maximum Gasteiger partial charge on any atom is 0.258 e. The van der Waals surface area contributed by atoms with Gasteiger partial charge in [-0.1, -0.05) is 22.9 Å². The van der Waals surface area contributed by atoms with Gasteiger partial charge in [0.2, 0.25) is 5.91 Å². The molecule has 22 heavy (non-hydrogen) atoms. The summed E-state index contributed by atoms with van der Waals surface area (Å²) in [7, 11) is 0. The molecule has 9 heteroatoms. The van der Waals surface area contributed by atoms with Gasteiger partial charge >= 0.3 is 0 Å². The highest BCUT2D eigenvalue weighted by molar-refractivity contribution is 14.1. The van der Waals surface area contributed by atoms with Gasteiger partial charge in [-0.2, -0.15) is 0 Å². The van der Waals surface area contributed by atoms with Gasteiger partial charge in [0.25, 0.3) is 5.91 Å². The highest BCUT2D eigenvalue weighted by Crippen LogP contribution is 2.32. The molecular weight excluding hydrogens is 457 g/mol. The van der Waals surface area contributed by atoms with Crippen LogP contribution >= 0.6 is 57.3 Å². The lowest BCUT2D eigenvalue weighted by Crippen LogP contribution is -2.13. The summed E-state index contributed by atoms with van der Waals surface area (Å²) in [6, 6.07) is 5.12. The first-order chi connectivity index (χ1) is 10.4. The molecular formula is C13H11ClIN3O2S2. The number of benzene rings is 1. The van der Waals surface area contributed by atoms with Gasteiger partial charge in [-0.05, 0) is 47.7 Å². The number of rotatable bonds is 5. The highest BCUT2D eigenvalue weighted by atomic mass is 127. The van der Waals surface area contributed by atoms with Crippen LogP contribution in [0.5, 0.6) is 0 Å². The number of hydrogen-bond donors (Lipinski definition) is 2. The van der Waals surface area contributed by atoms with E-state index in [1.807, 2.05) is 6.92 Å². The van der Waals surface area contributed by atoms with Crippen molar-refractivity contribution >= 4 is 74.2 Å². The molecule has 0 aliphatic rings. The average Bonchev–Trinajstić information content (AvgIpc) is 2.79. The fraction of sp³-hybridized carbons (Fsp3) is 0.154. The topological polar surface area (TPSA) is 85.1 Å². The van der Waals surface area contributed by atoms with Crippen LogP contribution in [0.25, 0.3) is 0 Å². The lowest BCUT2D eigenvalue weighted by Gasteiger charge is -2.04. The van der Waals surface area contributed by atoms with E-state index in [1.165, 1.54) is 23.1 Å². The Kier molecular flexibility index (Phi) is 6.07. The van der Waals surface area contributed by atoms with Crippen LogP contribution in [0.2, 0.25) is 5.02 Å². The van der Waals surface area contributed by atoms with Crippen LogP contribution in [0.1, 0.15) is 16.1 Å². The number of carbonyl (C=O) groups is 2. The number of nitrogens with one attached hydrogen (secondary N) is 1. The zero-order valence-electron chi connectivity index (χ0n) is 11.4. The lowest BCUT2D eigenvalue weighted by atomic mass is 10.2. The second-order valence-electron chi connectivity index (χ2n) is 4.23. The summed E-state index contributed by atoms with van der Waals surface area (Å²) in [5.74, 6) is -0.480. The first-order valence-corrected chi connectivity index (χ1v) is 9.27. The van der Waals surface area contributed by atoms with Crippen molar-refractivity contribution in [2.45, 2.75) is 11.1 Å². The van der Waals surface area contributed by atoms with E-state index in [2.05, 4.69) is 32.9 Å². The molecule has 0 radical (unpaired) electrons. The Morgan fingerprint density at radius 1 is 1.50 bits per heavy atom. The van der Waals surface area contributed by atoms with E-state index in [4.69, 9.17) is 17.3 Å². The summed E-state index contributed by atoms with van der Waals surface area (Å²) in [5.41, 5.74) is 6.38. The molecule has 0 atom stereocenters. The van der Waals surface area contributed by atoms with Crippen molar-refractivity contribution in [3.8, 4) is 0 Å². The van der Waals surface area contributed by atoms with Crippen LogP contribution in [-0.4, -0.2) is 22.6 Å². The molecule has 2 amide bonds. The summed E-state index contributed by atoms with van der Waals surface area (Å²) in [4.78, 5) is 27.4. The first-order valence-electron chi connectivity index (χ1n) is 6.01. The van der Waals surface area contributed by atoms with Gasteiger partial charge in [0, 0.05) is 8.59 Å². The zero-order valence-corrected chi connectivity index (χ0v) is 15.9. The van der Waals surface area contributed by atoms with Crippen molar-refractivity contribution in [3.05, 3.63) is 38.0 Å². The van der Waals surface area contributed by atoms with Gasteiger partial charge in [-0.25, -0.2) is 4.98 Å². The third-order valence-electron chi connectivity index (χ3n) is 2.49. The molecule has 0 bridgehead atoms. The molecule has 0 spiro atoms. The smallest absolute Gasteiger partial charge is 0.258 e. The van der Waals surface area contributed by atoms with Crippen molar-refractivity contribution in [1.29, 1.82) is 0 Å². The second kappa shape index (κ2) is 7.62. The molecule has 1 aromatic carbocycles. The molecule has 0 saturated heterocycles. The van der Waals surface area contributed by atoms with E-state index in [0.717, 1.165) is 13.5 Å². The number of hydrogen-bond acceptors (Lipinski definition) is 5. The molecule has 0 saturated carbocycles. The van der Waals surface area contributed by atoms with Crippen molar-refractivity contribution in [1.82, 2.24) is 4.98 Å². The molecule has 3 N–H and O–H groups in total. The van der Waals surface area contributed by atoms with Crippen molar-refractivity contribution in [3.63, 3.8) is 0 Å². The molecule has 0 aliphatic heterocycles. The average molecular weight is 468 g/mol. The highest BCUT2D eigenvalue weighted by Gasteiger charge is 2.15. The third-order valence-corrected chi connectivity index (χ3v) is 6.13. The van der Waals surface area contributed by atoms with Gasteiger partial charge in [-0.3, -0.25) is 14.9 Å². The number of anilines is 1. The van der Waals surface area contributed by atoms with E-state index < -0.39 is 5.91 Å². The predicted molar refractivity (Wildman–Crippen MR) is 98.9 cm³/mol. The monoisotopic (exact) mass is 467 g/mol. The standard InChI is InChI=1S/C13H11ClIN3O2S2/c1-6-12(21-5-10(16)19)22-13(17-6)18-11(20)8-4-7(14)2-3-9(8)15/h2-4H,5H2,1H3,(H2,16,19)(H,17,18,20). The van der Waals surface area contributed by atoms with Crippen LogP contribution in [-0.2, 0) is 4.79 Å². The molecule has 1 heterocycles. The van der Waals surface area contributed by atoms with E-state index in [-0.39, 0.29) is 11.7 Å². The number of thioether (sulfide) groups is 1. The summed E-state index contributed by atoms with van der Waals surface area (Å²) in [6.45, 7) is 1.82. The van der Waals surface area contributed by atoms with Crippen molar-refractivity contribution in [2.24, 2.45) is 5.73 Å². The molecule has 5 nitrogen and oxygen atoms in total. The Hall–Kier alpha value is -0.840. The zero-order chi connectivity index (χ0) is 16.3. The maximum absolute atomic E-state index is 12.3. The maximum atomic E-state index is 12.3. The Morgan fingerprint density at radius 3 is 2.91 bits per heavy atom. The quantitative estimate of drug-likeness (QED) is 0.520. The van der Waals surface area contributed by atoms with Crippen LogP contribution in [0, 0.1) is 10.5 Å². The summed E-state index contributed by atoms with van der Waals surface area (Å²) in [6.07, 6.45) is 0. The Labute approximate surface area is 154 Å². The van der Waals surface area contributed by atoms with Crippen LogP contribution < -0.4 is 11.1 Å². The van der Waals surface area contributed by atoms with Crippen LogP contribution in [0.15, 0.2) is 22.4 Å². The number of halogens is 2. The third kappa shape index (κ3) is 4.58. The number of thiazole rings is 1. The minimum Gasteiger partial charge on any atom is -0.369 e. The number of aromatic nitrogens is 1. The molecule has 116 valence electrons. The number of carbonyl (C=O) groups excluding carboxylic acids is 2. The van der Waals surface area contributed by atoms with Gasteiger partial charge in [0.15, 0.2) is 5.13 Å². The summed E-state index contributed by atoms with van der Waals surface area (Å²) < 4.78 is 1.66. The number of nitrogens with zero attached hydrogens (tertiary/aromatic N) is 1. The predicted octanol–water partition coefficient (Wildman–Crippen LogP) is 3.54. The summed E-state index contributed by atoms with van der Waals surface area (Å²) in [5, 5.41) is 3.73.